The van der Waals surface area contributed by atoms with Gasteiger partial charge in [0.25, 0.3) is 0 Å². The predicted molar refractivity (Wildman–Crippen MR) is 85.0 cm³/mol. The van der Waals surface area contributed by atoms with Crippen LogP contribution in [0.25, 0.3) is 0 Å². The van der Waals surface area contributed by atoms with E-state index in [0.717, 1.165) is 5.56 Å². The number of nitrogens with one attached hydrogen (secondary N) is 2. The van der Waals surface area contributed by atoms with Crippen LogP contribution in [0.5, 0.6) is 0 Å². The number of hydrogen-bond donors (Lipinski definition) is 2. The van der Waals surface area contributed by atoms with Gasteiger partial charge in [-0.25, -0.2) is 4.79 Å². The maximum Gasteiger partial charge on any atom is 0.323 e. The van der Waals surface area contributed by atoms with Crippen molar-refractivity contribution in [2.24, 2.45) is 0 Å². The zero-order chi connectivity index (χ0) is 15.4. The molecule has 6 heteroatoms. The lowest BCUT2D eigenvalue weighted by molar-refractivity contribution is 0.262. The predicted octanol–water partition coefficient (Wildman–Crippen LogP) is 4.82. The molecule has 0 saturated carbocycles. The molecule has 0 unspecified atom stereocenters. The molecule has 0 aromatic heterocycles. The standard InChI is InChI=1S/C15H11Cl2N3O/c1-9-2-4-11(7-13(9)17)19-15(21)20-14-6-10(8-18)3-5-12(14)16/h2-7H,1H3,(H2,19,20,21). The van der Waals surface area contributed by atoms with E-state index in [2.05, 4.69) is 10.6 Å². The van der Waals surface area contributed by atoms with Gasteiger partial charge in [0.1, 0.15) is 0 Å². The summed E-state index contributed by atoms with van der Waals surface area (Å²) in [5.41, 5.74) is 2.27. The Morgan fingerprint density at radius 1 is 1.10 bits per heavy atom. The lowest BCUT2D eigenvalue weighted by Gasteiger charge is -2.10. The lowest BCUT2D eigenvalue weighted by atomic mass is 10.2. The summed E-state index contributed by atoms with van der Waals surface area (Å²) < 4.78 is 0. The van der Waals surface area contributed by atoms with Crippen LogP contribution >= 0.6 is 23.2 Å². The highest BCUT2D eigenvalue weighted by atomic mass is 35.5. The highest BCUT2D eigenvalue weighted by Crippen LogP contribution is 2.24. The molecule has 0 spiro atoms. The van der Waals surface area contributed by atoms with Gasteiger partial charge in [-0.05, 0) is 42.8 Å². The van der Waals surface area contributed by atoms with Crippen molar-refractivity contribution in [3.05, 3.63) is 57.6 Å². The molecule has 0 bridgehead atoms. The summed E-state index contributed by atoms with van der Waals surface area (Å²) in [7, 11) is 0. The summed E-state index contributed by atoms with van der Waals surface area (Å²) in [4.78, 5) is 11.9. The minimum absolute atomic E-state index is 0.353. The number of hydrogen-bond acceptors (Lipinski definition) is 2. The first-order chi connectivity index (χ1) is 9.99. The molecule has 0 aliphatic rings. The number of rotatable bonds is 2. The van der Waals surface area contributed by atoms with E-state index in [1.165, 1.54) is 6.07 Å². The van der Waals surface area contributed by atoms with Gasteiger partial charge < -0.3 is 10.6 Å². The molecular formula is C15H11Cl2N3O. The number of benzene rings is 2. The van der Waals surface area contributed by atoms with Crippen molar-refractivity contribution in [1.29, 1.82) is 5.26 Å². The van der Waals surface area contributed by atoms with Crippen molar-refractivity contribution < 1.29 is 4.79 Å². The molecule has 0 saturated heterocycles. The van der Waals surface area contributed by atoms with Crippen molar-refractivity contribution in [2.45, 2.75) is 6.92 Å². The normalized spacial score (nSPS) is 9.81. The molecule has 2 N–H and O–H groups in total. The van der Waals surface area contributed by atoms with Crippen LogP contribution in [0.1, 0.15) is 11.1 Å². The van der Waals surface area contributed by atoms with Gasteiger partial charge in [0, 0.05) is 10.7 Å². The lowest BCUT2D eigenvalue weighted by Crippen LogP contribution is -2.19. The molecule has 21 heavy (non-hydrogen) atoms. The van der Waals surface area contributed by atoms with Crippen LogP contribution in [0, 0.1) is 18.3 Å². The maximum absolute atomic E-state index is 11.9. The van der Waals surface area contributed by atoms with E-state index in [1.54, 1.807) is 30.3 Å². The van der Waals surface area contributed by atoms with Crippen LogP contribution in [0.3, 0.4) is 0 Å². The third kappa shape index (κ3) is 3.88. The van der Waals surface area contributed by atoms with Gasteiger partial charge in [-0.15, -0.1) is 0 Å². The van der Waals surface area contributed by atoms with Crippen LogP contribution in [0.4, 0.5) is 16.2 Å². The fraction of sp³-hybridized carbons (Fsp3) is 0.0667. The summed E-state index contributed by atoms with van der Waals surface area (Å²) >= 11 is 12.0. The van der Waals surface area contributed by atoms with Gasteiger partial charge in [0.15, 0.2) is 0 Å². The Kier molecular flexibility index (Phi) is 4.69. The van der Waals surface area contributed by atoms with E-state index in [0.29, 0.717) is 27.0 Å². The first kappa shape index (κ1) is 15.2. The monoisotopic (exact) mass is 319 g/mol. The van der Waals surface area contributed by atoms with Gasteiger partial charge in [-0.3, -0.25) is 0 Å². The minimum Gasteiger partial charge on any atom is -0.308 e. The molecule has 2 rings (SSSR count). The summed E-state index contributed by atoms with van der Waals surface area (Å²) in [6.07, 6.45) is 0. The summed E-state index contributed by atoms with van der Waals surface area (Å²) in [6, 6.07) is 11.4. The highest BCUT2D eigenvalue weighted by molar-refractivity contribution is 6.34. The highest BCUT2D eigenvalue weighted by Gasteiger charge is 2.08. The summed E-state index contributed by atoms with van der Waals surface area (Å²) in [5.74, 6) is 0. The van der Waals surface area contributed by atoms with Crippen molar-refractivity contribution in [1.82, 2.24) is 0 Å². The number of halogens is 2. The average Bonchev–Trinajstić information content (AvgIpc) is 2.45. The topological polar surface area (TPSA) is 64.9 Å². The SMILES string of the molecule is Cc1ccc(NC(=O)Nc2cc(C#N)ccc2Cl)cc1Cl. The second-order valence-electron chi connectivity index (χ2n) is 4.35. The molecule has 4 nitrogen and oxygen atoms in total. The van der Waals surface area contributed by atoms with Crippen molar-refractivity contribution in [2.75, 3.05) is 10.6 Å². The van der Waals surface area contributed by atoms with E-state index in [-0.39, 0.29) is 0 Å². The van der Waals surface area contributed by atoms with E-state index < -0.39 is 6.03 Å². The zero-order valence-corrected chi connectivity index (χ0v) is 12.6. The number of aryl methyl sites for hydroxylation is 1. The Balaban J connectivity index is 2.11. The van der Waals surface area contributed by atoms with E-state index in [1.807, 2.05) is 13.0 Å². The van der Waals surface area contributed by atoms with Crippen LogP contribution in [0.2, 0.25) is 10.0 Å². The van der Waals surface area contributed by atoms with Gasteiger partial charge in [0.05, 0.1) is 22.3 Å². The summed E-state index contributed by atoms with van der Waals surface area (Å²) in [6.45, 7) is 1.87. The van der Waals surface area contributed by atoms with Crippen LogP contribution in [0.15, 0.2) is 36.4 Å². The van der Waals surface area contributed by atoms with Crippen LogP contribution in [-0.2, 0) is 0 Å². The minimum atomic E-state index is -0.466. The second-order valence-corrected chi connectivity index (χ2v) is 5.16. The van der Waals surface area contributed by atoms with Gasteiger partial charge in [0.2, 0.25) is 0 Å². The third-order valence-corrected chi connectivity index (χ3v) is 3.51. The van der Waals surface area contributed by atoms with E-state index in [9.17, 15) is 4.79 Å². The molecule has 0 aliphatic heterocycles. The number of carbonyl (C=O) groups excluding carboxylic acids is 1. The van der Waals surface area contributed by atoms with Crippen LogP contribution in [-0.4, -0.2) is 6.03 Å². The number of nitriles is 1. The molecular weight excluding hydrogens is 309 g/mol. The van der Waals surface area contributed by atoms with E-state index in [4.69, 9.17) is 28.5 Å². The van der Waals surface area contributed by atoms with Gasteiger partial charge in [-0.1, -0.05) is 29.3 Å². The molecule has 0 fully saturated rings. The number of nitrogens with zero attached hydrogens (tertiary/aromatic N) is 1. The molecule has 0 atom stereocenters. The quantitative estimate of drug-likeness (QED) is 0.833. The Morgan fingerprint density at radius 3 is 2.52 bits per heavy atom. The van der Waals surface area contributed by atoms with Crippen LogP contribution < -0.4 is 10.6 Å². The molecule has 0 aliphatic carbocycles. The third-order valence-electron chi connectivity index (χ3n) is 2.77. The molecule has 0 radical (unpaired) electrons. The van der Waals surface area contributed by atoms with Gasteiger partial charge in [-0.2, -0.15) is 5.26 Å². The fourth-order valence-electron chi connectivity index (χ4n) is 1.65. The van der Waals surface area contributed by atoms with Crippen molar-refractivity contribution >= 4 is 40.6 Å². The number of carbonyl (C=O) groups is 1. The number of anilines is 2. The first-order valence-corrected chi connectivity index (χ1v) is 6.79. The van der Waals surface area contributed by atoms with Crippen molar-refractivity contribution in [3.63, 3.8) is 0 Å². The Morgan fingerprint density at radius 2 is 1.86 bits per heavy atom. The number of amides is 2. The molecule has 106 valence electrons. The number of urea groups is 1. The van der Waals surface area contributed by atoms with Crippen molar-refractivity contribution in [3.8, 4) is 6.07 Å². The maximum atomic E-state index is 11.9. The zero-order valence-electron chi connectivity index (χ0n) is 11.1. The Bertz CT molecular complexity index is 738. The fourth-order valence-corrected chi connectivity index (χ4v) is 1.99. The largest absolute Gasteiger partial charge is 0.323 e. The molecule has 2 aromatic carbocycles. The second kappa shape index (κ2) is 6.49. The Labute approximate surface area is 132 Å². The molecule has 0 heterocycles. The van der Waals surface area contributed by atoms with Gasteiger partial charge >= 0.3 is 6.03 Å². The summed E-state index contributed by atoms with van der Waals surface area (Å²) in [5, 5.41) is 15.0. The first-order valence-electron chi connectivity index (χ1n) is 6.03. The Hall–Kier alpha value is -2.22. The average molecular weight is 320 g/mol. The smallest absolute Gasteiger partial charge is 0.308 e. The molecule has 2 aromatic rings. The van der Waals surface area contributed by atoms with E-state index >= 15 is 0 Å². The molecule has 2 amide bonds.